The highest BCUT2D eigenvalue weighted by Crippen LogP contribution is 2.23. The van der Waals surface area contributed by atoms with Crippen molar-refractivity contribution in [1.29, 1.82) is 0 Å². The Kier molecular flexibility index (Phi) is 8.64. The first kappa shape index (κ1) is 15.9. The number of hydrogen-bond donors (Lipinski definition) is 1. The molecular weight excluding hydrogens is 224 g/mol. The molecule has 2 unspecified atom stereocenters. The van der Waals surface area contributed by atoms with Crippen molar-refractivity contribution in [2.24, 2.45) is 11.7 Å². The Labute approximate surface area is 113 Å². The zero-order valence-electron chi connectivity index (χ0n) is 12.4. The fourth-order valence-electron chi connectivity index (χ4n) is 3.17. The fourth-order valence-corrected chi connectivity index (χ4v) is 3.17. The van der Waals surface area contributed by atoms with Crippen molar-refractivity contribution in [3.63, 3.8) is 0 Å². The molecule has 1 rings (SSSR count). The van der Waals surface area contributed by atoms with Crippen LogP contribution in [-0.2, 0) is 4.74 Å². The Morgan fingerprint density at radius 1 is 1.33 bits per heavy atom. The largest absolute Gasteiger partial charge is 0.383 e. The monoisotopic (exact) mass is 256 g/mol. The molecule has 0 aromatic rings. The van der Waals surface area contributed by atoms with E-state index in [4.69, 9.17) is 10.5 Å². The van der Waals surface area contributed by atoms with Gasteiger partial charge in [0.25, 0.3) is 0 Å². The molecule has 0 aliphatic carbocycles. The Bertz CT molecular complexity index is 199. The van der Waals surface area contributed by atoms with Gasteiger partial charge in [0.2, 0.25) is 0 Å². The molecule has 0 radical (unpaired) electrons. The zero-order valence-corrected chi connectivity index (χ0v) is 12.4. The van der Waals surface area contributed by atoms with Crippen LogP contribution in [0.5, 0.6) is 0 Å². The average molecular weight is 256 g/mol. The Hall–Kier alpha value is -0.120. The normalized spacial score (nSPS) is 23.8. The summed E-state index contributed by atoms with van der Waals surface area (Å²) in [5.41, 5.74) is 5.64. The maximum absolute atomic E-state index is 5.64. The van der Waals surface area contributed by atoms with E-state index in [0.29, 0.717) is 6.04 Å². The lowest BCUT2D eigenvalue weighted by Crippen LogP contribution is -2.39. The quantitative estimate of drug-likeness (QED) is 0.725. The number of nitrogens with two attached hydrogens (primary N) is 1. The van der Waals surface area contributed by atoms with E-state index in [1.165, 1.54) is 51.6 Å². The summed E-state index contributed by atoms with van der Waals surface area (Å²) >= 11 is 0. The van der Waals surface area contributed by atoms with Crippen molar-refractivity contribution >= 4 is 0 Å². The molecule has 0 amide bonds. The second-order valence-corrected chi connectivity index (χ2v) is 5.66. The van der Waals surface area contributed by atoms with Crippen LogP contribution in [0.25, 0.3) is 0 Å². The van der Waals surface area contributed by atoms with Gasteiger partial charge in [0, 0.05) is 13.2 Å². The number of rotatable bonds is 8. The molecule has 0 spiro atoms. The molecule has 2 N–H and O–H groups in total. The van der Waals surface area contributed by atoms with Crippen molar-refractivity contribution in [3.05, 3.63) is 0 Å². The third kappa shape index (κ3) is 5.68. The number of likely N-dealkylation sites (tertiary alicyclic amines) is 1. The molecule has 108 valence electrons. The minimum absolute atomic E-state index is 0.582. The van der Waals surface area contributed by atoms with E-state index in [1.54, 1.807) is 0 Å². The van der Waals surface area contributed by atoms with Gasteiger partial charge in [-0.3, -0.25) is 4.90 Å². The molecule has 2 atom stereocenters. The van der Waals surface area contributed by atoms with Crippen LogP contribution in [0, 0.1) is 5.92 Å². The summed E-state index contributed by atoms with van der Waals surface area (Å²) in [6, 6.07) is 0.582. The molecule has 0 aromatic carbocycles. The number of ether oxygens (including phenoxy) is 1. The van der Waals surface area contributed by atoms with E-state index in [2.05, 4.69) is 11.8 Å². The molecule has 1 heterocycles. The standard InChI is InChI=1S/C15H32N2O/c1-3-6-14-7-5-11-17(12-9-14)15(13-18-2)8-4-10-16/h14-15H,3-13,16H2,1-2H3. The Balaban J connectivity index is 2.41. The van der Waals surface area contributed by atoms with Crippen molar-refractivity contribution in [2.75, 3.05) is 33.4 Å². The predicted molar refractivity (Wildman–Crippen MR) is 77.8 cm³/mol. The van der Waals surface area contributed by atoms with Gasteiger partial charge in [-0.1, -0.05) is 19.8 Å². The summed E-state index contributed by atoms with van der Waals surface area (Å²) in [5, 5.41) is 0. The highest BCUT2D eigenvalue weighted by atomic mass is 16.5. The first-order chi connectivity index (χ1) is 8.81. The predicted octanol–water partition coefficient (Wildman–Crippen LogP) is 2.64. The number of methoxy groups -OCH3 is 1. The smallest absolute Gasteiger partial charge is 0.0618 e. The van der Waals surface area contributed by atoms with E-state index in [9.17, 15) is 0 Å². The van der Waals surface area contributed by atoms with E-state index in [0.717, 1.165) is 25.5 Å². The summed E-state index contributed by atoms with van der Waals surface area (Å²) in [4.78, 5) is 2.65. The van der Waals surface area contributed by atoms with E-state index in [1.807, 2.05) is 7.11 Å². The van der Waals surface area contributed by atoms with Crippen molar-refractivity contribution in [3.8, 4) is 0 Å². The molecule has 18 heavy (non-hydrogen) atoms. The first-order valence-electron chi connectivity index (χ1n) is 7.74. The molecule has 0 aromatic heterocycles. The first-order valence-corrected chi connectivity index (χ1v) is 7.74. The minimum Gasteiger partial charge on any atom is -0.383 e. The summed E-state index contributed by atoms with van der Waals surface area (Å²) in [5.74, 6) is 0.956. The van der Waals surface area contributed by atoms with Crippen molar-refractivity contribution in [1.82, 2.24) is 4.90 Å². The van der Waals surface area contributed by atoms with Crippen LogP contribution in [0.3, 0.4) is 0 Å². The maximum Gasteiger partial charge on any atom is 0.0618 e. The van der Waals surface area contributed by atoms with Gasteiger partial charge in [-0.15, -0.1) is 0 Å². The van der Waals surface area contributed by atoms with E-state index in [-0.39, 0.29) is 0 Å². The van der Waals surface area contributed by atoms with Crippen LogP contribution in [0.1, 0.15) is 51.9 Å². The molecule has 3 heteroatoms. The maximum atomic E-state index is 5.64. The number of hydrogen-bond acceptors (Lipinski definition) is 3. The highest BCUT2D eigenvalue weighted by Gasteiger charge is 2.22. The number of nitrogens with zero attached hydrogens (tertiary/aromatic N) is 1. The SMILES string of the molecule is CCCC1CCCN(C(CCCN)COC)CC1. The van der Waals surface area contributed by atoms with Gasteiger partial charge in [0.1, 0.15) is 0 Å². The van der Waals surface area contributed by atoms with Crippen molar-refractivity contribution in [2.45, 2.75) is 57.9 Å². The molecule has 1 aliphatic rings. The molecule has 1 aliphatic heterocycles. The third-order valence-corrected chi connectivity index (χ3v) is 4.20. The molecule has 3 nitrogen and oxygen atoms in total. The lowest BCUT2D eigenvalue weighted by Gasteiger charge is -2.30. The van der Waals surface area contributed by atoms with Gasteiger partial charge in [0.05, 0.1) is 6.61 Å². The molecular formula is C15H32N2O. The topological polar surface area (TPSA) is 38.5 Å². The summed E-state index contributed by atoms with van der Waals surface area (Å²) in [7, 11) is 1.81. The van der Waals surface area contributed by atoms with Gasteiger partial charge in [-0.2, -0.15) is 0 Å². The molecule has 0 bridgehead atoms. The average Bonchev–Trinajstić information content (AvgIpc) is 2.61. The van der Waals surface area contributed by atoms with Crippen LogP contribution >= 0.6 is 0 Å². The Morgan fingerprint density at radius 2 is 2.17 bits per heavy atom. The fraction of sp³-hybridized carbons (Fsp3) is 1.00. The van der Waals surface area contributed by atoms with Crippen molar-refractivity contribution < 1.29 is 4.74 Å². The minimum atomic E-state index is 0.582. The summed E-state index contributed by atoms with van der Waals surface area (Å²) in [6.45, 7) is 6.46. The second-order valence-electron chi connectivity index (χ2n) is 5.66. The lowest BCUT2D eigenvalue weighted by atomic mass is 9.96. The second kappa shape index (κ2) is 9.76. The molecule has 1 fully saturated rings. The van der Waals surface area contributed by atoms with Crippen LogP contribution in [0.2, 0.25) is 0 Å². The van der Waals surface area contributed by atoms with Crippen LogP contribution in [-0.4, -0.2) is 44.3 Å². The van der Waals surface area contributed by atoms with Gasteiger partial charge in [0.15, 0.2) is 0 Å². The summed E-state index contributed by atoms with van der Waals surface area (Å²) in [6.07, 6.45) is 9.18. The Morgan fingerprint density at radius 3 is 2.83 bits per heavy atom. The summed E-state index contributed by atoms with van der Waals surface area (Å²) < 4.78 is 5.39. The molecule has 1 saturated heterocycles. The lowest BCUT2D eigenvalue weighted by molar-refractivity contribution is 0.0853. The van der Waals surface area contributed by atoms with Crippen LogP contribution in [0.4, 0.5) is 0 Å². The van der Waals surface area contributed by atoms with E-state index >= 15 is 0 Å². The zero-order chi connectivity index (χ0) is 13.2. The molecule has 0 saturated carbocycles. The van der Waals surface area contributed by atoms with Crippen LogP contribution in [0.15, 0.2) is 0 Å². The van der Waals surface area contributed by atoms with Crippen LogP contribution < -0.4 is 5.73 Å². The van der Waals surface area contributed by atoms with Gasteiger partial charge in [-0.05, 0) is 57.7 Å². The van der Waals surface area contributed by atoms with Gasteiger partial charge in [-0.25, -0.2) is 0 Å². The van der Waals surface area contributed by atoms with Gasteiger partial charge >= 0.3 is 0 Å². The third-order valence-electron chi connectivity index (χ3n) is 4.20. The highest BCUT2D eigenvalue weighted by molar-refractivity contribution is 4.77. The van der Waals surface area contributed by atoms with E-state index < -0.39 is 0 Å². The van der Waals surface area contributed by atoms with Gasteiger partial charge < -0.3 is 10.5 Å².